The summed E-state index contributed by atoms with van der Waals surface area (Å²) in [4.78, 5) is -0.936. The number of nitrogens with two attached hydrogens (primary N) is 1. The Morgan fingerprint density at radius 2 is 2.08 bits per heavy atom. The zero-order valence-corrected chi connectivity index (χ0v) is 8.86. The lowest BCUT2D eigenvalue weighted by Gasteiger charge is -2.19. The molecule has 0 bridgehead atoms. The fourth-order valence-corrected chi connectivity index (χ4v) is 1.27. The molecular weight excluding hydrogens is 174 g/mol. The van der Waals surface area contributed by atoms with Crippen molar-refractivity contribution in [3.8, 4) is 0 Å². The standard InChI is InChI=1S/C8H19NO2S/c1-7(2)5-4-6-8(3,9)12(10)11/h7H,4-6,9H2,1-3H3,(H,10,11). The number of hydrogen-bond donors (Lipinski definition) is 2. The molecule has 74 valence electrons. The molecule has 0 heterocycles. The van der Waals surface area contributed by atoms with Crippen molar-refractivity contribution in [2.45, 2.75) is 44.9 Å². The van der Waals surface area contributed by atoms with Crippen LogP contribution in [-0.2, 0) is 11.1 Å². The first kappa shape index (κ1) is 12.1. The third-order valence-electron chi connectivity index (χ3n) is 1.85. The first-order valence-electron chi connectivity index (χ1n) is 4.26. The molecule has 12 heavy (non-hydrogen) atoms. The summed E-state index contributed by atoms with van der Waals surface area (Å²) in [6.45, 7) is 5.87. The van der Waals surface area contributed by atoms with Crippen LogP contribution in [0.4, 0.5) is 0 Å². The maximum atomic E-state index is 10.7. The number of hydrogen-bond acceptors (Lipinski definition) is 2. The predicted molar refractivity (Wildman–Crippen MR) is 52.1 cm³/mol. The third kappa shape index (κ3) is 4.85. The van der Waals surface area contributed by atoms with Gasteiger partial charge in [0.25, 0.3) is 0 Å². The highest BCUT2D eigenvalue weighted by Gasteiger charge is 2.24. The summed E-state index contributed by atoms with van der Waals surface area (Å²) >= 11 is -1.91. The largest absolute Gasteiger partial charge is 0.313 e. The van der Waals surface area contributed by atoms with Gasteiger partial charge in [-0.25, -0.2) is 4.21 Å². The second-order valence-electron chi connectivity index (χ2n) is 3.85. The Morgan fingerprint density at radius 3 is 2.42 bits per heavy atom. The van der Waals surface area contributed by atoms with Gasteiger partial charge in [-0.15, -0.1) is 0 Å². The lowest BCUT2D eigenvalue weighted by Crippen LogP contribution is -2.40. The molecule has 0 aliphatic rings. The molecule has 0 aliphatic carbocycles. The van der Waals surface area contributed by atoms with Crippen molar-refractivity contribution in [2.75, 3.05) is 0 Å². The highest BCUT2D eigenvalue weighted by atomic mass is 32.2. The fourth-order valence-electron chi connectivity index (χ4n) is 0.949. The van der Waals surface area contributed by atoms with Crippen LogP contribution in [0, 0.1) is 5.92 Å². The molecule has 0 radical (unpaired) electrons. The molecule has 2 unspecified atom stereocenters. The van der Waals surface area contributed by atoms with Crippen LogP contribution in [-0.4, -0.2) is 13.6 Å². The Bertz CT molecular complexity index is 157. The van der Waals surface area contributed by atoms with Gasteiger partial charge in [0.15, 0.2) is 11.1 Å². The van der Waals surface area contributed by atoms with Gasteiger partial charge in [-0.2, -0.15) is 0 Å². The van der Waals surface area contributed by atoms with Gasteiger partial charge >= 0.3 is 0 Å². The average molecular weight is 193 g/mol. The highest BCUT2D eigenvalue weighted by molar-refractivity contribution is 7.80. The summed E-state index contributed by atoms with van der Waals surface area (Å²) < 4.78 is 19.5. The molecule has 0 spiro atoms. The SMILES string of the molecule is CC(C)CCCC(C)(N)S(=O)O. The van der Waals surface area contributed by atoms with Gasteiger partial charge in [-0.05, 0) is 19.3 Å². The van der Waals surface area contributed by atoms with Crippen molar-refractivity contribution in [1.29, 1.82) is 0 Å². The van der Waals surface area contributed by atoms with Crippen LogP contribution in [0.5, 0.6) is 0 Å². The molecule has 0 aromatic carbocycles. The minimum absolute atomic E-state index is 0.605. The molecule has 3 N–H and O–H groups in total. The quantitative estimate of drug-likeness (QED) is 0.653. The second kappa shape index (κ2) is 4.94. The third-order valence-corrected chi connectivity index (χ3v) is 2.86. The summed E-state index contributed by atoms with van der Waals surface area (Å²) in [7, 11) is 0. The van der Waals surface area contributed by atoms with E-state index in [1.165, 1.54) is 0 Å². The van der Waals surface area contributed by atoms with Crippen molar-refractivity contribution in [3.63, 3.8) is 0 Å². The van der Waals surface area contributed by atoms with Crippen LogP contribution in [0.1, 0.15) is 40.0 Å². The minimum Gasteiger partial charge on any atom is -0.313 e. The van der Waals surface area contributed by atoms with E-state index in [0.29, 0.717) is 12.3 Å². The molecule has 0 saturated carbocycles. The van der Waals surface area contributed by atoms with Crippen molar-refractivity contribution >= 4 is 11.1 Å². The van der Waals surface area contributed by atoms with E-state index in [1.807, 2.05) is 0 Å². The first-order chi connectivity index (χ1) is 5.36. The van der Waals surface area contributed by atoms with Crippen LogP contribution in [0.25, 0.3) is 0 Å². The lowest BCUT2D eigenvalue weighted by atomic mass is 10.0. The van der Waals surface area contributed by atoms with Crippen molar-refractivity contribution in [3.05, 3.63) is 0 Å². The summed E-state index contributed by atoms with van der Waals surface area (Å²) in [5.41, 5.74) is 5.60. The van der Waals surface area contributed by atoms with E-state index in [0.717, 1.165) is 12.8 Å². The Balaban J connectivity index is 3.69. The number of rotatable bonds is 5. The molecule has 0 fully saturated rings. The Kier molecular flexibility index (Phi) is 4.97. The lowest BCUT2D eigenvalue weighted by molar-refractivity contribution is 0.452. The molecule has 2 atom stereocenters. The molecular formula is C8H19NO2S. The summed E-state index contributed by atoms with van der Waals surface area (Å²) in [5, 5.41) is 0. The van der Waals surface area contributed by atoms with Crippen LogP contribution in [0.15, 0.2) is 0 Å². The monoisotopic (exact) mass is 193 g/mol. The zero-order valence-electron chi connectivity index (χ0n) is 8.04. The summed E-state index contributed by atoms with van der Waals surface area (Å²) in [6.07, 6.45) is 2.58. The van der Waals surface area contributed by atoms with Crippen molar-refractivity contribution < 1.29 is 8.76 Å². The Hall–Kier alpha value is 0.0700. The van der Waals surface area contributed by atoms with E-state index >= 15 is 0 Å². The van der Waals surface area contributed by atoms with Gasteiger partial charge in [-0.1, -0.05) is 26.7 Å². The fraction of sp³-hybridized carbons (Fsp3) is 1.00. The second-order valence-corrected chi connectivity index (χ2v) is 5.28. The van der Waals surface area contributed by atoms with Crippen LogP contribution < -0.4 is 5.73 Å². The van der Waals surface area contributed by atoms with Gasteiger partial charge < -0.3 is 10.3 Å². The molecule has 0 saturated heterocycles. The maximum Gasteiger partial charge on any atom is 0.173 e. The van der Waals surface area contributed by atoms with E-state index in [-0.39, 0.29) is 0 Å². The van der Waals surface area contributed by atoms with Gasteiger partial charge in [0.05, 0.1) is 0 Å². The van der Waals surface area contributed by atoms with Gasteiger partial charge in [0.1, 0.15) is 4.87 Å². The summed E-state index contributed by atoms with van der Waals surface area (Å²) in [5.74, 6) is 0.632. The highest BCUT2D eigenvalue weighted by Crippen LogP contribution is 2.16. The first-order valence-corrected chi connectivity index (χ1v) is 5.37. The summed E-state index contributed by atoms with van der Waals surface area (Å²) in [6, 6.07) is 0. The molecule has 3 nitrogen and oxygen atoms in total. The Morgan fingerprint density at radius 1 is 1.58 bits per heavy atom. The van der Waals surface area contributed by atoms with E-state index in [1.54, 1.807) is 6.92 Å². The molecule has 0 aromatic heterocycles. The topological polar surface area (TPSA) is 63.3 Å². The zero-order chi connectivity index (χ0) is 9.78. The Labute approximate surface area is 77.0 Å². The van der Waals surface area contributed by atoms with Crippen LogP contribution in [0.3, 0.4) is 0 Å². The van der Waals surface area contributed by atoms with Crippen LogP contribution in [0.2, 0.25) is 0 Å². The van der Waals surface area contributed by atoms with Gasteiger partial charge in [0, 0.05) is 0 Å². The molecule has 0 rings (SSSR count). The predicted octanol–water partition coefficient (Wildman–Crippen LogP) is 1.71. The average Bonchev–Trinajstić information content (AvgIpc) is 1.85. The van der Waals surface area contributed by atoms with Crippen molar-refractivity contribution in [2.24, 2.45) is 11.7 Å². The van der Waals surface area contributed by atoms with Gasteiger partial charge in [-0.3, -0.25) is 0 Å². The van der Waals surface area contributed by atoms with E-state index in [2.05, 4.69) is 13.8 Å². The molecule has 0 aromatic rings. The molecule has 0 amide bonds. The molecule has 4 heteroatoms. The van der Waals surface area contributed by atoms with Crippen LogP contribution >= 0.6 is 0 Å². The van der Waals surface area contributed by atoms with Gasteiger partial charge in [0.2, 0.25) is 0 Å². The van der Waals surface area contributed by atoms with E-state index in [4.69, 9.17) is 10.3 Å². The maximum absolute atomic E-state index is 10.7. The van der Waals surface area contributed by atoms with E-state index < -0.39 is 16.0 Å². The molecule has 0 aliphatic heterocycles. The minimum atomic E-state index is -1.91. The van der Waals surface area contributed by atoms with Crippen molar-refractivity contribution in [1.82, 2.24) is 0 Å². The normalized spacial score (nSPS) is 19.2. The smallest absolute Gasteiger partial charge is 0.173 e. The van der Waals surface area contributed by atoms with E-state index in [9.17, 15) is 4.21 Å².